The topological polar surface area (TPSA) is 277 Å². The van der Waals surface area contributed by atoms with Gasteiger partial charge in [0.25, 0.3) is 0 Å². The van der Waals surface area contributed by atoms with E-state index in [0.717, 1.165) is 0 Å². The first kappa shape index (κ1) is 29.7. The fourth-order valence-electron chi connectivity index (χ4n) is 2.59. The quantitative estimate of drug-likeness (QED) is 0.0905. The summed E-state index contributed by atoms with van der Waals surface area (Å²) < 4.78 is 0. The standard InChI is InChI=1S/C18H32N6O9/c19-6-2-1-3-9(20)15(29)23-11(7-13(21)26)16(30)24-12(8-25)17(31)22-10(18(32)33)4-5-14(27)28/h9-12,25H,1-8,19-20H2,(H2,21,26)(H,22,31)(H,23,29)(H,24,30)(H,27,28)(H,32,33). The zero-order chi connectivity index (χ0) is 25.6. The van der Waals surface area contributed by atoms with E-state index in [9.17, 15) is 33.9 Å². The zero-order valence-electron chi connectivity index (χ0n) is 18.0. The lowest BCUT2D eigenvalue weighted by molar-refractivity contribution is -0.143. The van der Waals surface area contributed by atoms with Gasteiger partial charge in [-0.05, 0) is 25.8 Å². The fourth-order valence-corrected chi connectivity index (χ4v) is 2.59. The number of hydrogen-bond donors (Lipinski definition) is 9. The summed E-state index contributed by atoms with van der Waals surface area (Å²) in [6.07, 6.45) is -0.178. The van der Waals surface area contributed by atoms with Gasteiger partial charge in [0.05, 0.1) is 19.1 Å². The van der Waals surface area contributed by atoms with Gasteiger partial charge in [-0.2, -0.15) is 0 Å². The lowest BCUT2D eigenvalue weighted by Crippen LogP contribution is -2.58. The molecule has 0 bridgehead atoms. The molecule has 0 heterocycles. The summed E-state index contributed by atoms with van der Waals surface area (Å²) in [6.45, 7) is -0.552. The van der Waals surface area contributed by atoms with E-state index in [-0.39, 0.29) is 6.42 Å². The molecule has 0 aromatic rings. The zero-order valence-corrected chi connectivity index (χ0v) is 18.0. The molecule has 0 saturated heterocycles. The van der Waals surface area contributed by atoms with Crippen LogP contribution in [0.3, 0.4) is 0 Å². The highest BCUT2D eigenvalue weighted by molar-refractivity contribution is 5.96. The van der Waals surface area contributed by atoms with Crippen molar-refractivity contribution in [1.82, 2.24) is 16.0 Å². The number of carboxylic acids is 2. The second kappa shape index (κ2) is 15.5. The molecule has 0 aromatic carbocycles. The van der Waals surface area contributed by atoms with Crippen LogP contribution < -0.4 is 33.2 Å². The minimum atomic E-state index is -1.66. The number of aliphatic carboxylic acids is 2. The van der Waals surface area contributed by atoms with Crippen molar-refractivity contribution in [2.75, 3.05) is 13.2 Å². The Bertz CT molecular complexity index is 718. The van der Waals surface area contributed by atoms with Crippen molar-refractivity contribution in [3.8, 4) is 0 Å². The smallest absolute Gasteiger partial charge is 0.326 e. The number of hydrogen-bond acceptors (Lipinski definition) is 9. The molecule has 4 unspecified atom stereocenters. The minimum Gasteiger partial charge on any atom is -0.481 e. The largest absolute Gasteiger partial charge is 0.481 e. The first-order valence-corrected chi connectivity index (χ1v) is 10.1. The monoisotopic (exact) mass is 476 g/mol. The third kappa shape index (κ3) is 12.4. The number of nitrogens with two attached hydrogens (primary N) is 3. The molecule has 0 aromatic heterocycles. The maximum absolute atomic E-state index is 12.5. The SMILES string of the molecule is NCCCCC(N)C(=O)NC(CC(N)=O)C(=O)NC(CO)C(=O)NC(CCC(=O)O)C(=O)O. The van der Waals surface area contributed by atoms with Crippen molar-refractivity contribution in [3.63, 3.8) is 0 Å². The first-order chi connectivity index (χ1) is 15.4. The van der Waals surface area contributed by atoms with Gasteiger partial charge >= 0.3 is 11.9 Å². The molecule has 0 spiro atoms. The Morgan fingerprint density at radius 1 is 0.788 bits per heavy atom. The van der Waals surface area contributed by atoms with E-state index in [4.69, 9.17) is 27.4 Å². The molecule has 15 nitrogen and oxygen atoms in total. The van der Waals surface area contributed by atoms with Crippen LogP contribution in [0.25, 0.3) is 0 Å². The molecule has 15 heteroatoms. The van der Waals surface area contributed by atoms with Crippen LogP contribution in [-0.4, -0.2) is 88.2 Å². The highest BCUT2D eigenvalue weighted by atomic mass is 16.4. The third-order valence-corrected chi connectivity index (χ3v) is 4.42. The Kier molecular flexibility index (Phi) is 13.9. The number of amides is 4. The summed E-state index contributed by atoms with van der Waals surface area (Å²) in [7, 11) is 0. The van der Waals surface area contributed by atoms with E-state index >= 15 is 0 Å². The lowest BCUT2D eigenvalue weighted by atomic mass is 10.1. The van der Waals surface area contributed by atoms with Gasteiger partial charge in [0.2, 0.25) is 23.6 Å². The van der Waals surface area contributed by atoms with Gasteiger partial charge < -0.3 is 48.5 Å². The van der Waals surface area contributed by atoms with Gasteiger partial charge in [-0.25, -0.2) is 4.79 Å². The number of carbonyl (C=O) groups excluding carboxylic acids is 4. The van der Waals surface area contributed by atoms with E-state index in [0.29, 0.717) is 19.4 Å². The van der Waals surface area contributed by atoms with Crippen LogP contribution in [0.4, 0.5) is 0 Å². The van der Waals surface area contributed by atoms with E-state index in [2.05, 4.69) is 10.6 Å². The normalized spacial score (nSPS) is 14.3. The number of rotatable bonds is 17. The van der Waals surface area contributed by atoms with Gasteiger partial charge in [0.15, 0.2) is 0 Å². The van der Waals surface area contributed by atoms with Crippen LogP contribution in [0.5, 0.6) is 0 Å². The number of unbranched alkanes of at least 4 members (excludes halogenated alkanes) is 1. The average molecular weight is 476 g/mol. The molecule has 4 amide bonds. The molecule has 4 atom stereocenters. The van der Waals surface area contributed by atoms with E-state index in [1.165, 1.54) is 0 Å². The fraction of sp³-hybridized carbons (Fsp3) is 0.667. The summed E-state index contributed by atoms with van der Waals surface area (Å²) in [5.74, 6) is -6.67. The summed E-state index contributed by atoms with van der Waals surface area (Å²) in [4.78, 5) is 70.2. The van der Waals surface area contributed by atoms with E-state index < -0.39 is 85.6 Å². The van der Waals surface area contributed by atoms with Crippen molar-refractivity contribution in [3.05, 3.63) is 0 Å². The number of aliphatic hydroxyl groups excluding tert-OH is 1. The third-order valence-electron chi connectivity index (χ3n) is 4.42. The first-order valence-electron chi connectivity index (χ1n) is 10.1. The Hall–Kier alpha value is -3.30. The number of carbonyl (C=O) groups is 6. The predicted molar refractivity (Wildman–Crippen MR) is 112 cm³/mol. The molecule has 0 rings (SSSR count). The Morgan fingerprint density at radius 3 is 1.82 bits per heavy atom. The van der Waals surface area contributed by atoms with Crippen molar-refractivity contribution < 1.29 is 44.1 Å². The van der Waals surface area contributed by atoms with Crippen molar-refractivity contribution >= 4 is 35.6 Å². The van der Waals surface area contributed by atoms with Gasteiger partial charge in [0, 0.05) is 6.42 Å². The number of nitrogens with one attached hydrogen (secondary N) is 3. The van der Waals surface area contributed by atoms with Crippen LogP contribution in [0.1, 0.15) is 38.5 Å². The maximum atomic E-state index is 12.5. The highest BCUT2D eigenvalue weighted by Gasteiger charge is 2.31. The molecule has 0 aliphatic heterocycles. The summed E-state index contributed by atoms with van der Waals surface area (Å²) in [6, 6.07) is -5.76. The Morgan fingerprint density at radius 2 is 1.33 bits per heavy atom. The number of aliphatic hydroxyl groups is 1. The highest BCUT2D eigenvalue weighted by Crippen LogP contribution is 2.02. The van der Waals surface area contributed by atoms with Crippen molar-refractivity contribution in [2.24, 2.45) is 17.2 Å². The predicted octanol–water partition coefficient (Wildman–Crippen LogP) is -4.29. The van der Waals surface area contributed by atoms with Crippen LogP contribution in [0.2, 0.25) is 0 Å². The van der Waals surface area contributed by atoms with Gasteiger partial charge in [0.1, 0.15) is 18.1 Å². The van der Waals surface area contributed by atoms with Gasteiger partial charge in [-0.1, -0.05) is 6.42 Å². The van der Waals surface area contributed by atoms with Crippen LogP contribution in [0, 0.1) is 0 Å². The van der Waals surface area contributed by atoms with Crippen LogP contribution >= 0.6 is 0 Å². The van der Waals surface area contributed by atoms with Crippen LogP contribution in [-0.2, 0) is 28.8 Å². The molecule has 12 N–H and O–H groups in total. The molecule has 188 valence electrons. The van der Waals surface area contributed by atoms with Crippen LogP contribution in [0.15, 0.2) is 0 Å². The average Bonchev–Trinajstić information content (AvgIpc) is 2.73. The second-order valence-corrected chi connectivity index (χ2v) is 7.20. The van der Waals surface area contributed by atoms with Crippen molar-refractivity contribution in [2.45, 2.75) is 62.7 Å². The summed E-state index contributed by atoms with van der Waals surface area (Å²) in [5.41, 5.74) is 16.2. The molecule has 0 saturated carbocycles. The second-order valence-electron chi connectivity index (χ2n) is 7.20. The van der Waals surface area contributed by atoms with E-state index in [1.807, 2.05) is 5.32 Å². The molecule has 0 aliphatic rings. The van der Waals surface area contributed by atoms with Gasteiger partial charge in [-0.3, -0.25) is 24.0 Å². The molecule has 0 radical (unpaired) electrons. The summed E-state index contributed by atoms with van der Waals surface area (Å²) >= 11 is 0. The number of primary amides is 1. The molecule has 0 fully saturated rings. The Balaban J connectivity index is 5.19. The lowest BCUT2D eigenvalue weighted by Gasteiger charge is -2.23. The van der Waals surface area contributed by atoms with E-state index in [1.54, 1.807) is 0 Å². The molecule has 33 heavy (non-hydrogen) atoms. The van der Waals surface area contributed by atoms with Crippen molar-refractivity contribution in [1.29, 1.82) is 0 Å². The maximum Gasteiger partial charge on any atom is 0.326 e. The van der Waals surface area contributed by atoms with Gasteiger partial charge in [-0.15, -0.1) is 0 Å². The number of carboxylic acid groups (broad SMARTS) is 2. The Labute approximate surface area is 189 Å². The summed E-state index contributed by atoms with van der Waals surface area (Å²) in [5, 5.41) is 33.6. The molecule has 0 aliphatic carbocycles. The minimum absolute atomic E-state index is 0.266. The molecular formula is C18H32N6O9. The molecular weight excluding hydrogens is 444 g/mol.